The van der Waals surface area contributed by atoms with Crippen LogP contribution in [0.25, 0.3) is 43.0 Å². The number of nitrogens with zero attached hydrogens (tertiary/aromatic N) is 1. The van der Waals surface area contributed by atoms with Crippen molar-refractivity contribution in [2.24, 2.45) is 0 Å². The minimum absolute atomic E-state index is 0.592. The molecule has 3 aromatic carbocycles. The third-order valence-electron chi connectivity index (χ3n) is 4.53. The van der Waals surface area contributed by atoms with Gasteiger partial charge in [0.1, 0.15) is 0 Å². The van der Waals surface area contributed by atoms with Gasteiger partial charge in [-0.15, -0.1) is 11.3 Å². The highest BCUT2D eigenvalue weighted by molar-refractivity contribution is 7.17. The Morgan fingerprint density at radius 3 is 2.56 bits per heavy atom. The molecule has 2 aliphatic heterocycles. The summed E-state index contributed by atoms with van der Waals surface area (Å²) in [6.07, 6.45) is -4.34. The molecule has 2 heterocycles. The van der Waals surface area contributed by atoms with Gasteiger partial charge in [0, 0.05) is 26.4 Å². The van der Waals surface area contributed by atoms with Crippen molar-refractivity contribution in [2.45, 2.75) is 6.18 Å². The highest BCUT2D eigenvalue weighted by Gasteiger charge is 2.31. The van der Waals surface area contributed by atoms with Gasteiger partial charge in [-0.25, -0.2) is 4.98 Å². The summed E-state index contributed by atoms with van der Waals surface area (Å²) in [4.78, 5) is 4.71. The maximum absolute atomic E-state index is 13.0. The van der Waals surface area contributed by atoms with Crippen LogP contribution in [0, 0.1) is 0 Å². The van der Waals surface area contributed by atoms with Crippen molar-refractivity contribution in [3.05, 3.63) is 65.5 Å². The van der Waals surface area contributed by atoms with Crippen LogP contribution in [-0.4, -0.2) is 4.98 Å². The molecule has 2 aliphatic rings. The number of benzene rings is 3. The summed E-state index contributed by atoms with van der Waals surface area (Å²) in [7, 11) is 0. The first kappa shape index (κ1) is 14.7. The fourth-order valence-electron chi connectivity index (χ4n) is 3.37. The standard InChI is InChI=1S/C20H10F3NS/c21-20(22,23)12-6-7-14-17(9-12)25-10-15-18-13-4-2-1-3-11(13)5-8-16(18)24-19(14)15/h1-10H. The molecule has 25 heavy (non-hydrogen) atoms. The Labute approximate surface area is 144 Å². The van der Waals surface area contributed by atoms with E-state index in [2.05, 4.69) is 6.07 Å². The Hall–Kier alpha value is -2.66. The van der Waals surface area contributed by atoms with Crippen molar-refractivity contribution in [1.29, 1.82) is 0 Å². The largest absolute Gasteiger partial charge is 0.416 e. The van der Waals surface area contributed by atoms with E-state index in [1.165, 1.54) is 23.5 Å². The summed E-state index contributed by atoms with van der Waals surface area (Å²) in [6, 6.07) is 15.9. The van der Waals surface area contributed by atoms with E-state index in [9.17, 15) is 13.2 Å². The van der Waals surface area contributed by atoms with Crippen molar-refractivity contribution in [1.82, 2.24) is 4.98 Å². The Morgan fingerprint density at radius 2 is 1.72 bits per heavy atom. The van der Waals surface area contributed by atoms with Crippen LogP contribution >= 0.6 is 11.3 Å². The summed E-state index contributed by atoms with van der Waals surface area (Å²) in [5.74, 6) is 0. The van der Waals surface area contributed by atoms with Gasteiger partial charge in [-0.1, -0.05) is 36.4 Å². The maximum Gasteiger partial charge on any atom is 0.416 e. The second kappa shape index (κ2) is 4.92. The van der Waals surface area contributed by atoms with Crippen LogP contribution in [0.2, 0.25) is 0 Å². The van der Waals surface area contributed by atoms with Crippen LogP contribution in [0.5, 0.6) is 0 Å². The summed E-state index contributed by atoms with van der Waals surface area (Å²) >= 11 is 1.32. The SMILES string of the molecule is FC(F)(F)c1ccc2c3nc4ccc5ccccc5c4c-3csc2c1. The third-order valence-corrected chi connectivity index (χ3v) is 5.48. The molecule has 0 aromatic heterocycles. The molecule has 0 radical (unpaired) electrons. The predicted octanol–water partition coefficient (Wildman–Crippen LogP) is 6.73. The van der Waals surface area contributed by atoms with E-state index in [1.54, 1.807) is 0 Å². The van der Waals surface area contributed by atoms with Gasteiger partial charge in [-0.05, 0) is 29.0 Å². The topological polar surface area (TPSA) is 12.9 Å². The fourth-order valence-corrected chi connectivity index (χ4v) is 4.33. The molecule has 3 aromatic rings. The van der Waals surface area contributed by atoms with Gasteiger partial charge >= 0.3 is 6.18 Å². The first-order chi connectivity index (χ1) is 12.0. The van der Waals surface area contributed by atoms with E-state index in [0.29, 0.717) is 4.70 Å². The van der Waals surface area contributed by atoms with Gasteiger partial charge < -0.3 is 0 Å². The van der Waals surface area contributed by atoms with Crippen LogP contribution in [0.1, 0.15) is 5.56 Å². The number of halogens is 3. The monoisotopic (exact) mass is 353 g/mol. The molecule has 0 saturated carbocycles. The van der Waals surface area contributed by atoms with E-state index >= 15 is 0 Å². The Bertz CT molecular complexity index is 1240. The minimum Gasteiger partial charge on any atom is -0.247 e. The van der Waals surface area contributed by atoms with E-state index in [-0.39, 0.29) is 0 Å². The van der Waals surface area contributed by atoms with E-state index < -0.39 is 11.7 Å². The second-order valence-electron chi connectivity index (χ2n) is 6.00. The average Bonchev–Trinajstić information content (AvgIpc) is 3.00. The van der Waals surface area contributed by atoms with Crippen LogP contribution in [0.4, 0.5) is 13.2 Å². The van der Waals surface area contributed by atoms with Gasteiger partial charge in [0.25, 0.3) is 0 Å². The van der Waals surface area contributed by atoms with Crippen LogP contribution in [-0.2, 0) is 6.18 Å². The van der Waals surface area contributed by atoms with E-state index in [1.807, 2.05) is 35.7 Å². The van der Waals surface area contributed by atoms with Gasteiger partial charge in [0.2, 0.25) is 0 Å². The summed E-state index contributed by atoms with van der Waals surface area (Å²) in [5.41, 5.74) is 1.99. The average molecular weight is 353 g/mol. The van der Waals surface area contributed by atoms with Crippen molar-refractivity contribution in [3.8, 4) is 11.3 Å². The number of aromatic nitrogens is 1. The molecule has 122 valence electrons. The minimum atomic E-state index is -4.34. The maximum atomic E-state index is 13.0. The molecular weight excluding hydrogens is 343 g/mol. The first-order valence-electron chi connectivity index (χ1n) is 7.72. The number of hydrogen-bond donors (Lipinski definition) is 0. The number of rotatable bonds is 0. The van der Waals surface area contributed by atoms with Crippen molar-refractivity contribution < 1.29 is 13.2 Å². The zero-order chi connectivity index (χ0) is 17.2. The summed E-state index contributed by atoms with van der Waals surface area (Å²) in [5, 5.41) is 5.98. The molecule has 0 spiro atoms. The molecule has 1 nitrogen and oxygen atoms in total. The second-order valence-corrected chi connectivity index (χ2v) is 6.91. The third kappa shape index (κ3) is 2.12. The van der Waals surface area contributed by atoms with Gasteiger partial charge in [-0.3, -0.25) is 0 Å². The Morgan fingerprint density at radius 1 is 0.880 bits per heavy atom. The highest BCUT2D eigenvalue weighted by atomic mass is 32.1. The van der Waals surface area contributed by atoms with E-state index in [0.717, 1.165) is 44.4 Å². The van der Waals surface area contributed by atoms with Crippen LogP contribution < -0.4 is 0 Å². The lowest BCUT2D eigenvalue weighted by Crippen LogP contribution is -2.04. The zero-order valence-corrected chi connectivity index (χ0v) is 13.6. The molecule has 0 aliphatic carbocycles. The van der Waals surface area contributed by atoms with Crippen LogP contribution in [0.3, 0.4) is 0 Å². The first-order valence-corrected chi connectivity index (χ1v) is 8.60. The molecule has 5 heteroatoms. The lowest BCUT2D eigenvalue weighted by atomic mass is 10.0. The lowest BCUT2D eigenvalue weighted by molar-refractivity contribution is -0.137. The lowest BCUT2D eigenvalue weighted by Gasteiger charge is -2.09. The summed E-state index contributed by atoms with van der Waals surface area (Å²) in [6.45, 7) is 0. The fraction of sp³-hybridized carbons (Fsp3) is 0.0500. The molecule has 0 N–H and O–H groups in total. The summed E-state index contributed by atoms with van der Waals surface area (Å²) < 4.78 is 39.5. The van der Waals surface area contributed by atoms with Crippen molar-refractivity contribution in [3.63, 3.8) is 0 Å². The number of alkyl halides is 3. The van der Waals surface area contributed by atoms with Crippen molar-refractivity contribution in [2.75, 3.05) is 0 Å². The smallest absolute Gasteiger partial charge is 0.247 e. The molecule has 5 rings (SSSR count). The quantitative estimate of drug-likeness (QED) is 0.301. The Balaban J connectivity index is 1.89. The predicted molar refractivity (Wildman–Crippen MR) is 96.3 cm³/mol. The molecule has 0 fully saturated rings. The van der Waals surface area contributed by atoms with Crippen LogP contribution in [0.15, 0.2) is 60.0 Å². The number of fused-ring (bicyclic) bond motifs is 7. The Kier molecular flexibility index (Phi) is 2.89. The molecule has 0 atom stereocenters. The molecule has 0 bridgehead atoms. The highest BCUT2D eigenvalue weighted by Crippen LogP contribution is 2.42. The van der Waals surface area contributed by atoms with Gasteiger partial charge in [0.05, 0.1) is 16.8 Å². The normalized spacial score (nSPS) is 12.6. The zero-order valence-electron chi connectivity index (χ0n) is 12.8. The molecule has 0 amide bonds. The van der Waals surface area contributed by atoms with Gasteiger partial charge in [0.15, 0.2) is 0 Å². The molecular formula is C20H10F3NS. The molecule has 0 saturated heterocycles. The number of hydrogen-bond acceptors (Lipinski definition) is 2. The van der Waals surface area contributed by atoms with E-state index in [4.69, 9.17) is 4.98 Å². The van der Waals surface area contributed by atoms with Crippen molar-refractivity contribution >= 4 is 43.1 Å². The molecule has 0 unspecified atom stereocenters. The van der Waals surface area contributed by atoms with Gasteiger partial charge in [-0.2, -0.15) is 13.2 Å².